The number of ether oxygens (including phenoxy) is 1. The summed E-state index contributed by atoms with van der Waals surface area (Å²) in [6.45, 7) is 6.78. The predicted octanol–water partition coefficient (Wildman–Crippen LogP) is 5.56. The molecular formula is C26H38N2O2. The maximum Gasteiger partial charge on any atom is 0.178 e. The smallest absolute Gasteiger partial charge is 0.178 e. The van der Waals surface area contributed by atoms with Crippen molar-refractivity contribution in [2.45, 2.75) is 84.3 Å². The Labute approximate surface area is 182 Å². The van der Waals surface area contributed by atoms with Gasteiger partial charge >= 0.3 is 0 Å². The lowest BCUT2D eigenvalue weighted by molar-refractivity contribution is 0.0622. The van der Waals surface area contributed by atoms with Crippen LogP contribution >= 0.6 is 0 Å². The van der Waals surface area contributed by atoms with E-state index in [1.807, 2.05) is 6.07 Å². The summed E-state index contributed by atoms with van der Waals surface area (Å²) in [5, 5.41) is 3.48. The Morgan fingerprint density at radius 1 is 1.10 bits per heavy atom. The van der Waals surface area contributed by atoms with Crippen molar-refractivity contribution >= 4 is 5.78 Å². The van der Waals surface area contributed by atoms with E-state index in [1.54, 1.807) is 7.11 Å². The first-order chi connectivity index (χ1) is 14.5. The Morgan fingerprint density at radius 2 is 1.80 bits per heavy atom. The number of carbonyl (C=O) groups excluding carboxylic acids is 1. The van der Waals surface area contributed by atoms with Crippen molar-refractivity contribution in [3.05, 3.63) is 52.8 Å². The molecule has 1 aromatic heterocycles. The number of aryl methyl sites for hydroxylation is 2. The highest BCUT2D eigenvalue weighted by molar-refractivity contribution is 5.99. The number of nitrogens with one attached hydrogen (secondary N) is 1. The van der Waals surface area contributed by atoms with Gasteiger partial charge in [-0.1, -0.05) is 31.9 Å². The number of aromatic nitrogens is 1. The number of nitrogens with zero attached hydrogens (tertiary/aromatic N) is 1. The van der Waals surface area contributed by atoms with E-state index in [-0.39, 0.29) is 5.78 Å². The van der Waals surface area contributed by atoms with E-state index in [4.69, 9.17) is 4.74 Å². The van der Waals surface area contributed by atoms with Gasteiger partial charge in [-0.25, -0.2) is 0 Å². The molecule has 1 aromatic carbocycles. The molecule has 0 bridgehead atoms. The van der Waals surface area contributed by atoms with Crippen LogP contribution in [0.25, 0.3) is 5.69 Å². The zero-order valence-corrected chi connectivity index (χ0v) is 19.2. The fourth-order valence-electron chi connectivity index (χ4n) is 4.67. The topological polar surface area (TPSA) is 43.3 Å². The molecule has 1 aliphatic rings. The molecule has 1 N–H and O–H groups in total. The molecule has 4 nitrogen and oxygen atoms in total. The molecule has 1 aliphatic carbocycles. The molecule has 3 rings (SSSR count). The molecule has 0 radical (unpaired) electrons. The lowest BCUT2D eigenvalue weighted by Gasteiger charge is -2.28. The highest BCUT2D eigenvalue weighted by Crippen LogP contribution is 2.23. The van der Waals surface area contributed by atoms with Gasteiger partial charge in [-0.05, 0) is 76.1 Å². The van der Waals surface area contributed by atoms with Crippen molar-refractivity contribution in [2.75, 3.05) is 13.7 Å². The van der Waals surface area contributed by atoms with Crippen LogP contribution in [0.2, 0.25) is 0 Å². The minimum Gasteiger partial charge on any atom is -0.381 e. The SMILES string of the molecule is CCCCCc1ccc(-n2c(C)cc(C(=O)CNC3CCC(OC)CC3)c2C)cc1. The van der Waals surface area contributed by atoms with Crippen LogP contribution < -0.4 is 5.32 Å². The molecule has 0 spiro atoms. The average Bonchev–Trinajstić information content (AvgIpc) is 3.07. The molecule has 0 unspecified atom stereocenters. The van der Waals surface area contributed by atoms with Gasteiger partial charge in [0.2, 0.25) is 0 Å². The maximum absolute atomic E-state index is 12.9. The van der Waals surface area contributed by atoms with Gasteiger partial charge < -0.3 is 14.6 Å². The molecule has 164 valence electrons. The van der Waals surface area contributed by atoms with E-state index in [0.29, 0.717) is 18.7 Å². The molecular weight excluding hydrogens is 372 g/mol. The Morgan fingerprint density at radius 3 is 2.43 bits per heavy atom. The average molecular weight is 411 g/mol. The molecule has 0 aliphatic heterocycles. The number of ketones is 1. The first-order valence-electron chi connectivity index (χ1n) is 11.6. The number of carbonyl (C=O) groups is 1. The third-order valence-electron chi connectivity index (χ3n) is 6.55. The van der Waals surface area contributed by atoms with E-state index in [9.17, 15) is 4.79 Å². The van der Waals surface area contributed by atoms with E-state index >= 15 is 0 Å². The minimum absolute atomic E-state index is 0.180. The van der Waals surface area contributed by atoms with Crippen LogP contribution in [-0.4, -0.2) is 36.2 Å². The number of Topliss-reactive ketones (excluding diaryl/α,β-unsaturated/α-hetero) is 1. The third-order valence-corrected chi connectivity index (χ3v) is 6.55. The van der Waals surface area contributed by atoms with Crippen LogP contribution in [0.4, 0.5) is 0 Å². The van der Waals surface area contributed by atoms with E-state index in [1.165, 1.54) is 24.8 Å². The van der Waals surface area contributed by atoms with E-state index in [2.05, 4.69) is 54.9 Å². The van der Waals surface area contributed by atoms with Gasteiger partial charge in [-0.3, -0.25) is 4.79 Å². The standard InChI is InChI=1S/C26H38N2O2/c1-5-6-7-8-21-9-13-23(14-10-21)28-19(2)17-25(20(28)3)26(29)18-27-22-11-15-24(30-4)16-12-22/h9-10,13-14,17,22,24,27H,5-8,11-12,15-16,18H2,1-4H3. The zero-order valence-electron chi connectivity index (χ0n) is 19.2. The lowest BCUT2D eigenvalue weighted by atomic mass is 9.93. The normalized spacial score (nSPS) is 19.2. The number of unbranched alkanes of at least 4 members (excludes halogenated alkanes) is 2. The highest BCUT2D eigenvalue weighted by atomic mass is 16.5. The first kappa shape index (κ1) is 22.8. The molecule has 1 heterocycles. The molecule has 1 saturated carbocycles. The Kier molecular flexibility index (Phi) is 8.29. The van der Waals surface area contributed by atoms with Gasteiger partial charge in [-0.2, -0.15) is 0 Å². The van der Waals surface area contributed by atoms with Gasteiger partial charge in [0.05, 0.1) is 12.6 Å². The van der Waals surface area contributed by atoms with Crippen LogP contribution in [-0.2, 0) is 11.2 Å². The van der Waals surface area contributed by atoms with Gasteiger partial charge in [0.15, 0.2) is 5.78 Å². The number of rotatable bonds is 10. The van der Waals surface area contributed by atoms with E-state index in [0.717, 1.165) is 54.7 Å². The molecule has 0 atom stereocenters. The summed E-state index contributed by atoms with van der Waals surface area (Å²) < 4.78 is 7.64. The summed E-state index contributed by atoms with van der Waals surface area (Å²) >= 11 is 0. The van der Waals surface area contributed by atoms with Crippen LogP contribution in [0.15, 0.2) is 30.3 Å². The van der Waals surface area contributed by atoms with Crippen molar-refractivity contribution in [2.24, 2.45) is 0 Å². The monoisotopic (exact) mass is 410 g/mol. The van der Waals surface area contributed by atoms with Crippen LogP contribution in [0, 0.1) is 13.8 Å². The van der Waals surface area contributed by atoms with Crippen molar-refractivity contribution < 1.29 is 9.53 Å². The summed E-state index contributed by atoms with van der Waals surface area (Å²) in [5.74, 6) is 0.180. The number of hydrogen-bond donors (Lipinski definition) is 1. The van der Waals surface area contributed by atoms with Crippen molar-refractivity contribution in [3.8, 4) is 5.69 Å². The quantitative estimate of drug-likeness (QED) is 0.412. The third kappa shape index (κ3) is 5.61. The molecule has 0 amide bonds. The van der Waals surface area contributed by atoms with Gasteiger partial charge in [0, 0.05) is 35.8 Å². The number of methoxy groups -OCH3 is 1. The summed E-state index contributed by atoms with van der Waals surface area (Å²) in [6, 6.07) is 11.3. The summed E-state index contributed by atoms with van der Waals surface area (Å²) in [6.07, 6.45) is 9.61. The Bertz CT molecular complexity index is 814. The molecule has 1 fully saturated rings. The van der Waals surface area contributed by atoms with Gasteiger partial charge in [-0.15, -0.1) is 0 Å². The van der Waals surface area contributed by atoms with Crippen LogP contribution in [0.1, 0.15) is 79.2 Å². The number of hydrogen-bond acceptors (Lipinski definition) is 3. The summed E-state index contributed by atoms with van der Waals surface area (Å²) in [7, 11) is 1.79. The second-order valence-corrected chi connectivity index (χ2v) is 8.76. The number of benzene rings is 1. The highest BCUT2D eigenvalue weighted by Gasteiger charge is 2.22. The fourth-order valence-corrected chi connectivity index (χ4v) is 4.67. The van der Waals surface area contributed by atoms with Gasteiger partial charge in [0.1, 0.15) is 0 Å². The van der Waals surface area contributed by atoms with Crippen molar-refractivity contribution in [1.82, 2.24) is 9.88 Å². The van der Waals surface area contributed by atoms with Crippen molar-refractivity contribution in [3.63, 3.8) is 0 Å². The molecule has 30 heavy (non-hydrogen) atoms. The van der Waals surface area contributed by atoms with E-state index < -0.39 is 0 Å². The summed E-state index contributed by atoms with van der Waals surface area (Å²) in [4.78, 5) is 12.9. The molecule has 2 aromatic rings. The first-order valence-corrected chi connectivity index (χ1v) is 11.6. The fraction of sp³-hybridized carbons (Fsp3) is 0.577. The van der Waals surface area contributed by atoms with Crippen LogP contribution in [0.5, 0.6) is 0 Å². The minimum atomic E-state index is 0.180. The second-order valence-electron chi connectivity index (χ2n) is 8.76. The Hall–Kier alpha value is -1.91. The van der Waals surface area contributed by atoms with Crippen molar-refractivity contribution in [1.29, 1.82) is 0 Å². The van der Waals surface area contributed by atoms with Crippen LogP contribution in [0.3, 0.4) is 0 Å². The summed E-state index contributed by atoms with van der Waals surface area (Å²) in [5.41, 5.74) is 5.49. The largest absolute Gasteiger partial charge is 0.381 e. The Balaban J connectivity index is 1.62. The molecule has 4 heteroatoms. The zero-order chi connectivity index (χ0) is 21.5. The van der Waals surface area contributed by atoms with Gasteiger partial charge in [0.25, 0.3) is 0 Å². The lowest BCUT2D eigenvalue weighted by Crippen LogP contribution is -2.38. The maximum atomic E-state index is 12.9. The molecule has 0 saturated heterocycles. The second kappa shape index (κ2) is 10.9. The predicted molar refractivity (Wildman–Crippen MR) is 124 cm³/mol.